The minimum absolute atomic E-state index is 0.178. The molecule has 2 atom stereocenters. The average Bonchev–Trinajstić information content (AvgIpc) is 2.48. The Morgan fingerprint density at radius 3 is 2.60 bits per heavy atom. The van der Waals surface area contributed by atoms with Gasteiger partial charge in [-0.25, -0.2) is 0 Å². The van der Waals surface area contributed by atoms with Crippen molar-refractivity contribution in [2.75, 3.05) is 26.2 Å². The zero-order valence-corrected chi connectivity index (χ0v) is 14.8. The molecule has 0 aliphatic carbocycles. The van der Waals surface area contributed by atoms with Crippen LogP contribution in [0.3, 0.4) is 0 Å². The quantitative estimate of drug-likeness (QED) is 0.719. The van der Waals surface area contributed by atoms with Crippen LogP contribution in [0.15, 0.2) is 24.3 Å². The molecule has 2 rings (SSSR count). The Labute approximate surface area is 147 Å². The molecule has 0 radical (unpaired) electrons. The van der Waals surface area contributed by atoms with Gasteiger partial charge < -0.3 is 14.8 Å². The fourth-order valence-electron chi connectivity index (χ4n) is 3.14. The minimum atomic E-state index is -4.65. The van der Waals surface area contributed by atoms with E-state index in [0.29, 0.717) is 6.54 Å². The molecule has 1 fully saturated rings. The van der Waals surface area contributed by atoms with Gasteiger partial charge in [0.2, 0.25) is 0 Å². The molecule has 0 amide bonds. The molecular formula is C18H27F3N2O2. The third-order valence-corrected chi connectivity index (χ3v) is 4.03. The molecule has 1 aliphatic rings. The standard InChI is InChI=1S/C18H27F3N2O2/c1-14-12-23(13-15(2)24-14)9-4-3-8-22-11-16-6-5-7-17(10-16)25-18(19,20)21/h5-7,10,14-15,22H,3-4,8-9,11-13H2,1-2H3. The number of morpholine rings is 1. The van der Waals surface area contributed by atoms with Crippen molar-refractivity contribution in [3.63, 3.8) is 0 Å². The van der Waals surface area contributed by atoms with E-state index in [2.05, 4.69) is 28.8 Å². The van der Waals surface area contributed by atoms with Crippen molar-refractivity contribution in [2.45, 2.75) is 51.8 Å². The highest BCUT2D eigenvalue weighted by Gasteiger charge is 2.31. The fourth-order valence-corrected chi connectivity index (χ4v) is 3.14. The summed E-state index contributed by atoms with van der Waals surface area (Å²) in [7, 11) is 0. The second kappa shape index (κ2) is 9.40. The van der Waals surface area contributed by atoms with Crippen LogP contribution in [-0.4, -0.2) is 49.6 Å². The topological polar surface area (TPSA) is 33.7 Å². The van der Waals surface area contributed by atoms with Crippen LogP contribution in [0.25, 0.3) is 0 Å². The van der Waals surface area contributed by atoms with Crippen LogP contribution >= 0.6 is 0 Å². The van der Waals surface area contributed by atoms with Gasteiger partial charge >= 0.3 is 6.36 Å². The summed E-state index contributed by atoms with van der Waals surface area (Å²) in [5.41, 5.74) is 0.776. The van der Waals surface area contributed by atoms with E-state index in [0.717, 1.165) is 44.6 Å². The Morgan fingerprint density at radius 1 is 1.20 bits per heavy atom. The summed E-state index contributed by atoms with van der Waals surface area (Å²) in [5, 5.41) is 3.27. The Kier molecular flexibility index (Phi) is 7.53. The van der Waals surface area contributed by atoms with Crippen molar-refractivity contribution < 1.29 is 22.6 Å². The lowest BCUT2D eigenvalue weighted by molar-refractivity contribution is -0.274. The monoisotopic (exact) mass is 360 g/mol. The summed E-state index contributed by atoms with van der Waals surface area (Å²) in [5.74, 6) is -0.178. The molecule has 0 bridgehead atoms. The highest BCUT2D eigenvalue weighted by Crippen LogP contribution is 2.23. The van der Waals surface area contributed by atoms with E-state index in [1.165, 1.54) is 12.1 Å². The SMILES string of the molecule is CC1CN(CCCCNCc2cccc(OC(F)(F)F)c2)CC(C)O1. The van der Waals surface area contributed by atoms with Gasteiger partial charge in [0.05, 0.1) is 12.2 Å². The van der Waals surface area contributed by atoms with Gasteiger partial charge in [-0.1, -0.05) is 12.1 Å². The molecule has 1 aromatic carbocycles. The summed E-state index contributed by atoms with van der Waals surface area (Å²) in [6, 6.07) is 6.07. The second-order valence-electron chi connectivity index (χ2n) is 6.60. The van der Waals surface area contributed by atoms with Crippen molar-refractivity contribution >= 4 is 0 Å². The first-order chi connectivity index (χ1) is 11.8. The highest BCUT2D eigenvalue weighted by atomic mass is 19.4. The van der Waals surface area contributed by atoms with E-state index in [1.807, 2.05) is 0 Å². The molecule has 0 spiro atoms. The van der Waals surface area contributed by atoms with Gasteiger partial charge in [-0.2, -0.15) is 0 Å². The molecule has 7 heteroatoms. The largest absolute Gasteiger partial charge is 0.573 e. The lowest BCUT2D eigenvalue weighted by atomic mass is 10.2. The fraction of sp³-hybridized carbons (Fsp3) is 0.667. The van der Waals surface area contributed by atoms with Gasteiger partial charge in [-0.05, 0) is 57.5 Å². The van der Waals surface area contributed by atoms with Crippen LogP contribution in [0.2, 0.25) is 0 Å². The first-order valence-corrected chi connectivity index (χ1v) is 8.75. The van der Waals surface area contributed by atoms with E-state index >= 15 is 0 Å². The van der Waals surface area contributed by atoms with Crippen LogP contribution in [0.4, 0.5) is 13.2 Å². The number of unbranched alkanes of at least 4 members (excludes halogenated alkanes) is 1. The summed E-state index contributed by atoms with van der Waals surface area (Å²) in [6.45, 7) is 8.56. The number of nitrogens with zero attached hydrogens (tertiary/aromatic N) is 1. The van der Waals surface area contributed by atoms with E-state index in [9.17, 15) is 13.2 Å². The number of hydrogen-bond acceptors (Lipinski definition) is 4. The predicted octanol–water partition coefficient (Wildman–Crippen LogP) is 3.56. The Balaban J connectivity index is 1.61. The summed E-state index contributed by atoms with van der Waals surface area (Å²) >= 11 is 0. The van der Waals surface area contributed by atoms with E-state index in [-0.39, 0.29) is 18.0 Å². The minimum Gasteiger partial charge on any atom is -0.406 e. The molecule has 0 aromatic heterocycles. The molecule has 4 nitrogen and oxygen atoms in total. The van der Waals surface area contributed by atoms with Gasteiger partial charge in [-0.3, -0.25) is 4.90 Å². The number of rotatable bonds is 8. The smallest absolute Gasteiger partial charge is 0.406 e. The van der Waals surface area contributed by atoms with Crippen LogP contribution in [0.5, 0.6) is 5.75 Å². The maximum Gasteiger partial charge on any atom is 0.573 e. The van der Waals surface area contributed by atoms with Crippen LogP contribution in [0.1, 0.15) is 32.3 Å². The maximum absolute atomic E-state index is 12.2. The third kappa shape index (κ3) is 8.07. The first-order valence-electron chi connectivity index (χ1n) is 8.75. The maximum atomic E-state index is 12.2. The highest BCUT2D eigenvalue weighted by molar-refractivity contribution is 5.28. The van der Waals surface area contributed by atoms with E-state index < -0.39 is 6.36 Å². The first kappa shape index (κ1) is 20.0. The normalized spacial score (nSPS) is 22.1. The summed E-state index contributed by atoms with van der Waals surface area (Å²) in [4.78, 5) is 2.43. The summed E-state index contributed by atoms with van der Waals surface area (Å²) < 4.78 is 46.3. The predicted molar refractivity (Wildman–Crippen MR) is 90.5 cm³/mol. The van der Waals surface area contributed by atoms with Gasteiger partial charge in [0.15, 0.2) is 0 Å². The molecule has 25 heavy (non-hydrogen) atoms. The molecular weight excluding hydrogens is 333 g/mol. The van der Waals surface area contributed by atoms with Crippen LogP contribution in [-0.2, 0) is 11.3 Å². The van der Waals surface area contributed by atoms with Crippen molar-refractivity contribution in [3.8, 4) is 5.75 Å². The van der Waals surface area contributed by atoms with E-state index in [1.54, 1.807) is 12.1 Å². The Morgan fingerprint density at radius 2 is 1.92 bits per heavy atom. The lowest BCUT2D eigenvalue weighted by Gasteiger charge is -2.35. The second-order valence-corrected chi connectivity index (χ2v) is 6.60. The average molecular weight is 360 g/mol. The van der Waals surface area contributed by atoms with Crippen LogP contribution in [0, 0.1) is 0 Å². The number of halogens is 3. The molecule has 1 aliphatic heterocycles. The van der Waals surface area contributed by atoms with E-state index in [4.69, 9.17) is 4.74 Å². The molecule has 142 valence electrons. The van der Waals surface area contributed by atoms with Gasteiger partial charge in [0.1, 0.15) is 5.75 Å². The van der Waals surface area contributed by atoms with Crippen molar-refractivity contribution in [1.29, 1.82) is 0 Å². The molecule has 1 aromatic rings. The number of hydrogen-bond donors (Lipinski definition) is 1. The van der Waals surface area contributed by atoms with Gasteiger partial charge in [0.25, 0.3) is 0 Å². The molecule has 0 saturated carbocycles. The number of alkyl halides is 3. The van der Waals surface area contributed by atoms with Crippen molar-refractivity contribution in [2.24, 2.45) is 0 Å². The van der Waals surface area contributed by atoms with Crippen molar-refractivity contribution in [3.05, 3.63) is 29.8 Å². The Bertz CT molecular complexity index is 515. The molecule has 1 N–H and O–H groups in total. The lowest BCUT2D eigenvalue weighted by Crippen LogP contribution is -2.45. The molecule has 2 unspecified atom stereocenters. The van der Waals surface area contributed by atoms with Crippen LogP contribution < -0.4 is 10.1 Å². The van der Waals surface area contributed by atoms with Gasteiger partial charge in [-0.15, -0.1) is 13.2 Å². The molecule has 1 heterocycles. The zero-order valence-electron chi connectivity index (χ0n) is 14.8. The zero-order chi connectivity index (χ0) is 18.3. The number of nitrogens with one attached hydrogen (secondary N) is 1. The number of ether oxygens (including phenoxy) is 2. The summed E-state index contributed by atoms with van der Waals surface area (Å²) in [6.07, 6.45) is -1.97. The third-order valence-electron chi connectivity index (χ3n) is 4.03. The Hall–Kier alpha value is -1.31. The van der Waals surface area contributed by atoms with Gasteiger partial charge in [0, 0.05) is 19.6 Å². The van der Waals surface area contributed by atoms with Crippen molar-refractivity contribution in [1.82, 2.24) is 10.2 Å². The number of benzene rings is 1. The molecule has 1 saturated heterocycles.